The van der Waals surface area contributed by atoms with E-state index in [2.05, 4.69) is 32.4 Å². The Bertz CT molecular complexity index is 547. The summed E-state index contributed by atoms with van der Waals surface area (Å²) >= 11 is 1.61. The summed E-state index contributed by atoms with van der Waals surface area (Å²) in [5.74, 6) is 0.488. The molecule has 2 N–H and O–H groups in total. The number of hydrogen-bond acceptors (Lipinski definition) is 5. The van der Waals surface area contributed by atoms with Gasteiger partial charge in [0, 0.05) is 11.1 Å². The van der Waals surface area contributed by atoms with Crippen molar-refractivity contribution >= 4 is 17.2 Å². The number of aryl methyl sites for hydroxylation is 2. The van der Waals surface area contributed by atoms with Crippen LogP contribution in [0.4, 0.5) is 0 Å². The third kappa shape index (κ3) is 2.73. The summed E-state index contributed by atoms with van der Waals surface area (Å²) in [6, 6.07) is -0.137. The van der Waals surface area contributed by atoms with Crippen molar-refractivity contribution in [3.05, 3.63) is 27.7 Å². The van der Waals surface area contributed by atoms with Gasteiger partial charge in [-0.25, -0.2) is 9.97 Å². The molecule has 7 heteroatoms. The van der Waals surface area contributed by atoms with Crippen molar-refractivity contribution in [2.45, 2.75) is 33.2 Å². The van der Waals surface area contributed by atoms with Crippen LogP contribution in [0.2, 0.25) is 0 Å². The van der Waals surface area contributed by atoms with Gasteiger partial charge < -0.3 is 5.32 Å². The molecule has 1 amide bonds. The van der Waals surface area contributed by atoms with Crippen LogP contribution in [-0.4, -0.2) is 26.1 Å². The quantitative estimate of drug-likeness (QED) is 0.880. The van der Waals surface area contributed by atoms with Gasteiger partial charge in [-0.1, -0.05) is 6.92 Å². The van der Waals surface area contributed by atoms with Gasteiger partial charge >= 0.3 is 0 Å². The largest absolute Gasteiger partial charge is 0.340 e. The first-order valence-electron chi connectivity index (χ1n) is 5.74. The monoisotopic (exact) mass is 265 g/mol. The molecular formula is C11H15N5OS. The van der Waals surface area contributed by atoms with Gasteiger partial charge in [-0.3, -0.25) is 9.89 Å². The van der Waals surface area contributed by atoms with E-state index in [-0.39, 0.29) is 17.8 Å². The number of H-pyrrole nitrogens is 1. The summed E-state index contributed by atoms with van der Waals surface area (Å²) < 4.78 is 0. The van der Waals surface area contributed by atoms with Gasteiger partial charge in [0.1, 0.15) is 10.8 Å². The van der Waals surface area contributed by atoms with Gasteiger partial charge in [0.2, 0.25) is 5.82 Å². The van der Waals surface area contributed by atoms with Crippen molar-refractivity contribution in [3.63, 3.8) is 0 Å². The molecule has 0 aliphatic heterocycles. The lowest BCUT2D eigenvalue weighted by Crippen LogP contribution is -2.27. The Hall–Kier alpha value is -1.76. The number of rotatable bonds is 4. The minimum Gasteiger partial charge on any atom is -0.340 e. The maximum atomic E-state index is 11.8. The maximum Gasteiger partial charge on any atom is 0.291 e. The Balaban J connectivity index is 2.02. The third-order valence-corrected chi connectivity index (χ3v) is 3.76. The first kappa shape index (κ1) is 12.7. The Kier molecular flexibility index (Phi) is 3.71. The van der Waals surface area contributed by atoms with Crippen LogP contribution in [0.25, 0.3) is 0 Å². The second-order valence-corrected chi connectivity index (χ2v) is 5.10. The Labute approximate surface area is 109 Å². The lowest BCUT2D eigenvalue weighted by atomic mass is 10.3. The molecule has 0 radical (unpaired) electrons. The van der Waals surface area contributed by atoms with Gasteiger partial charge in [0.05, 0.1) is 6.04 Å². The zero-order valence-corrected chi connectivity index (χ0v) is 11.3. The first-order valence-corrected chi connectivity index (χ1v) is 6.56. The zero-order valence-electron chi connectivity index (χ0n) is 10.5. The van der Waals surface area contributed by atoms with Crippen molar-refractivity contribution in [3.8, 4) is 0 Å². The van der Waals surface area contributed by atoms with Crippen molar-refractivity contribution in [1.29, 1.82) is 0 Å². The fraction of sp³-hybridized carbons (Fsp3) is 0.455. The van der Waals surface area contributed by atoms with Crippen molar-refractivity contribution < 1.29 is 4.79 Å². The minimum atomic E-state index is -0.292. The van der Waals surface area contributed by atoms with Crippen LogP contribution in [-0.2, 0) is 6.42 Å². The van der Waals surface area contributed by atoms with Gasteiger partial charge in [-0.15, -0.1) is 16.4 Å². The lowest BCUT2D eigenvalue weighted by molar-refractivity contribution is 0.0929. The number of carbonyl (C=O) groups is 1. The van der Waals surface area contributed by atoms with Gasteiger partial charge in [0.15, 0.2) is 0 Å². The average Bonchev–Trinajstić information content (AvgIpc) is 2.97. The molecule has 96 valence electrons. The standard InChI is InChI=1S/C11H15N5OS/c1-4-8-5-12-11(18-8)6(2)13-10(17)9-14-7(3)15-16-9/h5-6H,4H2,1-3H3,(H,13,17)(H,14,15,16). The number of aromatic amines is 1. The van der Waals surface area contributed by atoms with Gasteiger partial charge in [-0.05, 0) is 20.3 Å². The van der Waals surface area contributed by atoms with E-state index in [4.69, 9.17) is 0 Å². The molecule has 0 saturated carbocycles. The minimum absolute atomic E-state index is 0.137. The van der Waals surface area contributed by atoms with E-state index in [1.807, 2.05) is 13.1 Å². The van der Waals surface area contributed by atoms with Crippen LogP contribution >= 0.6 is 11.3 Å². The van der Waals surface area contributed by atoms with Crippen LogP contribution in [0.5, 0.6) is 0 Å². The maximum absolute atomic E-state index is 11.8. The Morgan fingerprint density at radius 1 is 1.61 bits per heavy atom. The van der Waals surface area contributed by atoms with Crippen molar-refractivity contribution in [1.82, 2.24) is 25.5 Å². The predicted octanol–water partition coefficient (Wildman–Crippen LogP) is 1.62. The number of amides is 1. The number of thiazole rings is 1. The summed E-state index contributed by atoms with van der Waals surface area (Å²) in [7, 11) is 0. The third-order valence-electron chi connectivity index (χ3n) is 2.44. The molecule has 2 aromatic rings. The molecule has 18 heavy (non-hydrogen) atoms. The highest BCUT2D eigenvalue weighted by atomic mass is 32.1. The van der Waals surface area contributed by atoms with E-state index in [1.165, 1.54) is 4.88 Å². The first-order chi connectivity index (χ1) is 8.60. The van der Waals surface area contributed by atoms with Gasteiger partial charge in [-0.2, -0.15) is 0 Å². The van der Waals surface area contributed by atoms with Crippen molar-refractivity contribution in [2.75, 3.05) is 0 Å². The molecule has 1 unspecified atom stereocenters. The molecule has 0 fully saturated rings. The smallest absolute Gasteiger partial charge is 0.291 e. The van der Waals surface area contributed by atoms with E-state index in [0.717, 1.165) is 11.4 Å². The molecule has 1 atom stereocenters. The zero-order chi connectivity index (χ0) is 13.1. The summed E-state index contributed by atoms with van der Waals surface area (Å²) in [4.78, 5) is 21.3. The van der Waals surface area contributed by atoms with Crippen LogP contribution < -0.4 is 5.32 Å². The molecule has 2 heterocycles. The number of nitrogens with zero attached hydrogens (tertiary/aromatic N) is 3. The summed E-state index contributed by atoms with van der Waals surface area (Å²) in [5.41, 5.74) is 0. The van der Waals surface area contributed by atoms with E-state index in [1.54, 1.807) is 18.3 Å². The summed E-state index contributed by atoms with van der Waals surface area (Å²) in [6.07, 6.45) is 2.80. The molecule has 0 aliphatic carbocycles. The summed E-state index contributed by atoms with van der Waals surface area (Å²) in [6.45, 7) is 5.73. The molecule has 0 saturated heterocycles. The highest BCUT2D eigenvalue weighted by molar-refractivity contribution is 7.11. The van der Waals surface area contributed by atoms with E-state index < -0.39 is 0 Å². The predicted molar refractivity (Wildman–Crippen MR) is 68.5 cm³/mol. The molecule has 0 aliphatic rings. The normalized spacial score (nSPS) is 12.4. The molecule has 0 aromatic carbocycles. The van der Waals surface area contributed by atoms with E-state index >= 15 is 0 Å². The number of hydrogen-bond donors (Lipinski definition) is 2. The number of aromatic nitrogens is 4. The Morgan fingerprint density at radius 2 is 2.39 bits per heavy atom. The second-order valence-electron chi connectivity index (χ2n) is 3.96. The number of nitrogens with one attached hydrogen (secondary N) is 2. The highest BCUT2D eigenvalue weighted by Crippen LogP contribution is 2.20. The van der Waals surface area contributed by atoms with Crippen LogP contribution in [0.3, 0.4) is 0 Å². The molecule has 0 spiro atoms. The molecule has 2 aromatic heterocycles. The lowest BCUT2D eigenvalue weighted by Gasteiger charge is -2.08. The average molecular weight is 265 g/mol. The van der Waals surface area contributed by atoms with Crippen LogP contribution in [0, 0.1) is 6.92 Å². The fourth-order valence-electron chi connectivity index (χ4n) is 1.45. The summed E-state index contributed by atoms with van der Waals surface area (Å²) in [5, 5.41) is 10.2. The SMILES string of the molecule is CCc1cnc(C(C)NC(=O)c2n[nH]c(C)n2)s1. The Morgan fingerprint density at radius 3 is 2.94 bits per heavy atom. The van der Waals surface area contributed by atoms with E-state index in [0.29, 0.717) is 5.82 Å². The van der Waals surface area contributed by atoms with Crippen LogP contribution in [0.15, 0.2) is 6.20 Å². The highest BCUT2D eigenvalue weighted by Gasteiger charge is 2.17. The van der Waals surface area contributed by atoms with Crippen molar-refractivity contribution in [2.24, 2.45) is 0 Å². The van der Waals surface area contributed by atoms with Gasteiger partial charge in [0.25, 0.3) is 5.91 Å². The second kappa shape index (κ2) is 5.26. The number of carbonyl (C=O) groups excluding carboxylic acids is 1. The van der Waals surface area contributed by atoms with E-state index in [9.17, 15) is 4.79 Å². The molecule has 6 nitrogen and oxygen atoms in total. The molecule has 2 rings (SSSR count). The topological polar surface area (TPSA) is 83.6 Å². The van der Waals surface area contributed by atoms with Crippen LogP contribution in [0.1, 0.15) is 46.2 Å². The fourth-order valence-corrected chi connectivity index (χ4v) is 2.31. The molecular weight excluding hydrogens is 250 g/mol. The molecule has 0 bridgehead atoms.